The first-order valence-electron chi connectivity index (χ1n) is 8.05. The molecule has 4 nitrogen and oxygen atoms in total. The maximum Gasteiger partial charge on any atom is 0.335 e. The number of H-pyrrole nitrogens is 1. The van der Waals surface area contributed by atoms with Crippen molar-refractivity contribution in [2.24, 2.45) is 0 Å². The highest BCUT2D eigenvalue weighted by atomic mass is 16.4. The van der Waals surface area contributed by atoms with Crippen molar-refractivity contribution in [3.8, 4) is 0 Å². The summed E-state index contributed by atoms with van der Waals surface area (Å²) in [5, 5.41) is 9.18. The third-order valence-corrected chi connectivity index (χ3v) is 4.29. The fourth-order valence-electron chi connectivity index (χ4n) is 3.10. The number of fused-ring (bicyclic) bond motifs is 1. The van der Waals surface area contributed by atoms with E-state index in [0.717, 1.165) is 28.0 Å². The second-order valence-electron chi connectivity index (χ2n) is 5.91. The highest BCUT2D eigenvalue weighted by Gasteiger charge is 2.20. The van der Waals surface area contributed by atoms with Crippen molar-refractivity contribution in [1.82, 2.24) is 9.97 Å². The van der Waals surface area contributed by atoms with Crippen molar-refractivity contribution >= 4 is 17.0 Å². The van der Waals surface area contributed by atoms with Gasteiger partial charge in [-0.3, -0.25) is 0 Å². The summed E-state index contributed by atoms with van der Waals surface area (Å²) in [7, 11) is 0. The molecule has 122 valence electrons. The summed E-state index contributed by atoms with van der Waals surface area (Å²) in [6.07, 6.45) is 0. The first-order valence-corrected chi connectivity index (χ1v) is 8.05. The number of aromatic amines is 1. The summed E-state index contributed by atoms with van der Waals surface area (Å²) in [6, 6.07) is 25.3. The maximum absolute atomic E-state index is 11.2. The number of imidazole rings is 1. The van der Waals surface area contributed by atoms with Crippen LogP contribution >= 0.6 is 0 Å². The summed E-state index contributed by atoms with van der Waals surface area (Å²) in [5.74, 6) is -0.182. The molecule has 0 atom stereocenters. The standard InChI is InChI=1S/C21H16N2O2/c24-21(25)16-11-12-17-18(13-16)23-20(22-17)19(14-7-3-1-4-8-14)15-9-5-2-6-10-15/h1-13,19H,(H,22,23)(H,24,25). The van der Waals surface area contributed by atoms with E-state index in [1.165, 1.54) is 0 Å². The van der Waals surface area contributed by atoms with Crippen molar-refractivity contribution < 1.29 is 9.90 Å². The number of aromatic carboxylic acids is 1. The molecule has 1 heterocycles. The summed E-state index contributed by atoms with van der Waals surface area (Å²) in [4.78, 5) is 19.2. The van der Waals surface area contributed by atoms with E-state index in [2.05, 4.69) is 29.2 Å². The number of hydrogen-bond acceptors (Lipinski definition) is 2. The van der Waals surface area contributed by atoms with Crippen LogP contribution in [0.25, 0.3) is 11.0 Å². The van der Waals surface area contributed by atoms with Gasteiger partial charge >= 0.3 is 5.97 Å². The van der Waals surface area contributed by atoms with Gasteiger partial charge < -0.3 is 10.1 Å². The first kappa shape index (κ1) is 15.1. The van der Waals surface area contributed by atoms with Crippen molar-refractivity contribution in [1.29, 1.82) is 0 Å². The molecular formula is C21H16N2O2. The van der Waals surface area contributed by atoms with Gasteiger partial charge in [-0.1, -0.05) is 60.7 Å². The van der Waals surface area contributed by atoms with E-state index in [-0.39, 0.29) is 11.5 Å². The van der Waals surface area contributed by atoms with Crippen LogP contribution in [0.1, 0.15) is 33.2 Å². The lowest BCUT2D eigenvalue weighted by Gasteiger charge is -2.15. The first-order chi connectivity index (χ1) is 12.2. The molecule has 3 aromatic carbocycles. The molecule has 0 aliphatic rings. The van der Waals surface area contributed by atoms with Crippen LogP contribution < -0.4 is 0 Å². The highest BCUT2D eigenvalue weighted by molar-refractivity contribution is 5.92. The number of rotatable bonds is 4. The van der Waals surface area contributed by atoms with E-state index in [1.807, 2.05) is 36.4 Å². The number of hydrogen-bond donors (Lipinski definition) is 2. The van der Waals surface area contributed by atoms with Gasteiger partial charge in [0.25, 0.3) is 0 Å². The lowest BCUT2D eigenvalue weighted by Crippen LogP contribution is -2.05. The summed E-state index contributed by atoms with van der Waals surface area (Å²) < 4.78 is 0. The van der Waals surface area contributed by atoms with E-state index in [9.17, 15) is 9.90 Å². The molecule has 4 rings (SSSR count). The predicted octanol–water partition coefficient (Wildman–Crippen LogP) is 4.44. The zero-order valence-electron chi connectivity index (χ0n) is 13.4. The molecule has 0 spiro atoms. The molecule has 0 saturated heterocycles. The molecular weight excluding hydrogens is 312 g/mol. The largest absolute Gasteiger partial charge is 0.478 e. The Bertz CT molecular complexity index is 984. The van der Waals surface area contributed by atoms with Crippen LogP contribution in [-0.4, -0.2) is 21.0 Å². The van der Waals surface area contributed by atoms with Crippen molar-refractivity contribution in [2.75, 3.05) is 0 Å². The number of aromatic nitrogens is 2. The number of nitrogens with one attached hydrogen (secondary N) is 1. The molecule has 0 unspecified atom stereocenters. The molecule has 2 N–H and O–H groups in total. The van der Waals surface area contributed by atoms with Gasteiger partial charge in [0.15, 0.2) is 0 Å². The van der Waals surface area contributed by atoms with Crippen LogP contribution in [0.4, 0.5) is 0 Å². The number of benzene rings is 3. The van der Waals surface area contributed by atoms with E-state index in [0.29, 0.717) is 0 Å². The van der Waals surface area contributed by atoms with Gasteiger partial charge in [-0.15, -0.1) is 0 Å². The lowest BCUT2D eigenvalue weighted by molar-refractivity contribution is 0.0697. The van der Waals surface area contributed by atoms with Crippen LogP contribution in [0.3, 0.4) is 0 Å². The van der Waals surface area contributed by atoms with E-state index < -0.39 is 5.97 Å². The molecule has 25 heavy (non-hydrogen) atoms. The summed E-state index contributed by atoms with van der Waals surface area (Å²) in [5.41, 5.74) is 4.00. The van der Waals surface area contributed by atoms with Gasteiger partial charge in [0.05, 0.1) is 22.5 Å². The zero-order valence-corrected chi connectivity index (χ0v) is 13.4. The molecule has 0 radical (unpaired) electrons. The van der Waals surface area contributed by atoms with Crippen molar-refractivity contribution in [2.45, 2.75) is 5.92 Å². The van der Waals surface area contributed by atoms with Crippen LogP contribution in [0.2, 0.25) is 0 Å². The second kappa shape index (κ2) is 6.24. The SMILES string of the molecule is O=C(O)c1ccc2nc(C(c3ccccc3)c3ccccc3)[nH]c2c1. The average molecular weight is 328 g/mol. The van der Waals surface area contributed by atoms with E-state index in [1.54, 1.807) is 18.2 Å². The Morgan fingerprint density at radius 3 is 2.04 bits per heavy atom. The number of carboxylic acid groups (broad SMARTS) is 1. The molecule has 4 aromatic rings. The molecule has 0 saturated carbocycles. The van der Waals surface area contributed by atoms with Crippen LogP contribution in [0.15, 0.2) is 78.9 Å². The minimum Gasteiger partial charge on any atom is -0.478 e. The van der Waals surface area contributed by atoms with Gasteiger partial charge in [0.2, 0.25) is 0 Å². The second-order valence-corrected chi connectivity index (χ2v) is 5.91. The zero-order chi connectivity index (χ0) is 17.2. The smallest absolute Gasteiger partial charge is 0.335 e. The van der Waals surface area contributed by atoms with Crippen LogP contribution in [0.5, 0.6) is 0 Å². The monoisotopic (exact) mass is 328 g/mol. The van der Waals surface area contributed by atoms with Gasteiger partial charge in [-0.2, -0.15) is 0 Å². The fourth-order valence-corrected chi connectivity index (χ4v) is 3.10. The molecule has 0 amide bonds. The van der Waals surface area contributed by atoms with Crippen LogP contribution in [-0.2, 0) is 0 Å². The Morgan fingerprint density at radius 2 is 1.48 bits per heavy atom. The number of carbonyl (C=O) groups is 1. The van der Waals surface area contributed by atoms with Gasteiger partial charge in [0, 0.05) is 0 Å². The number of carboxylic acids is 1. The number of nitrogens with zero attached hydrogens (tertiary/aromatic N) is 1. The molecule has 0 aliphatic heterocycles. The quantitative estimate of drug-likeness (QED) is 0.582. The molecule has 4 heteroatoms. The summed E-state index contributed by atoms with van der Waals surface area (Å²) in [6.45, 7) is 0. The van der Waals surface area contributed by atoms with E-state index in [4.69, 9.17) is 4.98 Å². The summed E-state index contributed by atoms with van der Waals surface area (Å²) >= 11 is 0. The third kappa shape index (κ3) is 2.90. The Kier molecular flexibility index (Phi) is 3.78. The fraction of sp³-hybridized carbons (Fsp3) is 0.0476. The topological polar surface area (TPSA) is 66.0 Å². The molecule has 1 aromatic heterocycles. The molecule has 0 aliphatic carbocycles. The minimum atomic E-state index is -0.944. The maximum atomic E-state index is 11.2. The molecule has 0 fully saturated rings. The van der Waals surface area contributed by atoms with Crippen LogP contribution in [0, 0.1) is 0 Å². The average Bonchev–Trinajstić information content (AvgIpc) is 3.06. The normalized spacial score (nSPS) is 11.1. The van der Waals surface area contributed by atoms with E-state index >= 15 is 0 Å². The minimum absolute atomic E-state index is 0.0388. The highest BCUT2D eigenvalue weighted by Crippen LogP contribution is 2.31. The predicted molar refractivity (Wildman–Crippen MR) is 96.9 cm³/mol. The lowest BCUT2D eigenvalue weighted by atomic mass is 9.91. The molecule has 0 bridgehead atoms. The Labute approximate surface area is 144 Å². The Morgan fingerprint density at radius 1 is 0.880 bits per heavy atom. The van der Waals surface area contributed by atoms with Crippen molar-refractivity contribution in [3.63, 3.8) is 0 Å². The van der Waals surface area contributed by atoms with Gasteiger partial charge in [-0.05, 0) is 29.3 Å². The van der Waals surface area contributed by atoms with Crippen molar-refractivity contribution in [3.05, 3.63) is 101 Å². The third-order valence-electron chi connectivity index (χ3n) is 4.29. The Balaban J connectivity index is 1.87. The van der Waals surface area contributed by atoms with Gasteiger partial charge in [0.1, 0.15) is 5.82 Å². The van der Waals surface area contributed by atoms with Gasteiger partial charge in [-0.25, -0.2) is 9.78 Å². The Hall–Kier alpha value is -3.40.